The van der Waals surface area contributed by atoms with Gasteiger partial charge in [0.1, 0.15) is 0 Å². The van der Waals surface area contributed by atoms with E-state index >= 15 is 0 Å². The third-order valence-electron chi connectivity index (χ3n) is 2.52. The van der Waals surface area contributed by atoms with E-state index in [4.69, 9.17) is 11.2 Å². The molecule has 1 aliphatic heterocycles. The predicted molar refractivity (Wildman–Crippen MR) is 58.3 cm³/mol. The van der Waals surface area contributed by atoms with Crippen LogP contribution in [0.3, 0.4) is 0 Å². The van der Waals surface area contributed by atoms with Gasteiger partial charge < -0.3 is 15.4 Å². The van der Waals surface area contributed by atoms with Crippen molar-refractivity contribution in [1.29, 1.82) is 0 Å². The summed E-state index contributed by atoms with van der Waals surface area (Å²) >= 11 is 0. The summed E-state index contributed by atoms with van der Waals surface area (Å²) in [4.78, 5) is 11.2. The Bertz CT molecular complexity index is 247. The molecule has 0 aromatic heterocycles. The van der Waals surface area contributed by atoms with Crippen LogP contribution in [0, 0.1) is 12.3 Å². The van der Waals surface area contributed by atoms with Crippen molar-refractivity contribution in [2.45, 2.75) is 31.9 Å². The monoisotopic (exact) mass is 210 g/mol. The fourth-order valence-electron chi connectivity index (χ4n) is 1.61. The van der Waals surface area contributed by atoms with Crippen molar-refractivity contribution in [3.63, 3.8) is 0 Å². The average Bonchev–Trinajstić information content (AvgIpc) is 2.61. The van der Waals surface area contributed by atoms with Crippen LogP contribution in [0.15, 0.2) is 0 Å². The first-order valence-electron chi connectivity index (χ1n) is 5.29. The summed E-state index contributed by atoms with van der Waals surface area (Å²) in [6.07, 6.45) is 6.76. The number of hydrogen-bond donors (Lipinski definition) is 2. The van der Waals surface area contributed by atoms with Crippen LogP contribution in [0.25, 0.3) is 0 Å². The Hall–Kier alpha value is -1.05. The first-order valence-corrected chi connectivity index (χ1v) is 5.29. The van der Waals surface area contributed by atoms with Gasteiger partial charge >= 0.3 is 0 Å². The SMILES string of the molecule is C#CCNC(=O)CCNC1CCOC1C. The van der Waals surface area contributed by atoms with Gasteiger partial charge in [0, 0.05) is 25.6 Å². The number of hydrogen-bond acceptors (Lipinski definition) is 3. The molecule has 2 unspecified atom stereocenters. The van der Waals surface area contributed by atoms with Gasteiger partial charge in [0.2, 0.25) is 5.91 Å². The van der Waals surface area contributed by atoms with E-state index in [1.807, 2.05) is 6.92 Å². The number of amides is 1. The lowest BCUT2D eigenvalue weighted by Crippen LogP contribution is -2.37. The highest BCUT2D eigenvalue weighted by Crippen LogP contribution is 2.11. The van der Waals surface area contributed by atoms with Crippen LogP contribution in [0.5, 0.6) is 0 Å². The quantitative estimate of drug-likeness (QED) is 0.623. The van der Waals surface area contributed by atoms with Gasteiger partial charge in [-0.05, 0) is 13.3 Å². The van der Waals surface area contributed by atoms with E-state index in [2.05, 4.69) is 16.6 Å². The molecule has 0 aromatic carbocycles. The Labute approximate surface area is 90.8 Å². The van der Waals surface area contributed by atoms with Gasteiger partial charge in [-0.25, -0.2) is 0 Å². The Morgan fingerprint density at radius 3 is 3.07 bits per heavy atom. The lowest BCUT2D eigenvalue weighted by Gasteiger charge is -2.15. The second-order valence-corrected chi connectivity index (χ2v) is 3.66. The van der Waals surface area contributed by atoms with Crippen LogP contribution in [0.2, 0.25) is 0 Å². The van der Waals surface area contributed by atoms with Crippen molar-refractivity contribution < 1.29 is 9.53 Å². The highest BCUT2D eigenvalue weighted by molar-refractivity contribution is 5.76. The lowest BCUT2D eigenvalue weighted by molar-refractivity contribution is -0.120. The number of carbonyl (C=O) groups excluding carboxylic acids is 1. The maximum Gasteiger partial charge on any atom is 0.222 e. The smallest absolute Gasteiger partial charge is 0.222 e. The summed E-state index contributed by atoms with van der Waals surface area (Å²) in [7, 11) is 0. The van der Waals surface area contributed by atoms with Crippen LogP contribution in [-0.4, -0.2) is 37.7 Å². The Balaban J connectivity index is 2.05. The minimum atomic E-state index is -0.00739. The van der Waals surface area contributed by atoms with Crippen molar-refractivity contribution in [1.82, 2.24) is 10.6 Å². The summed E-state index contributed by atoms with van der Waals surface area (Å²) in [6, 6.07) is 0.380. The molecular weight excluding hydrogens is 192 g/mol. The molecule has 0 bridgehead atoms. The fraction of sp³-hybridized carbons (Fsp3) is 0.727. The minimum Gasteiger partial charge on any atom is -0.377 e. The molecule has 15 heavy (non-hydrogen) atoms. The molecule has 2 N–H and O–H groups in total. The van der Waals surface area contributed by atoms with Crippen molar-refractivity contribution >= 4 is 5.91 Å². The molecule has 0 saturated carbocycles. The molecule has 0 spiro atoms. The standard InChI is InChI=1S/C11H18N2O2/c1-3-6-13-11(14)4-7-12-10-5-8-15-9(10)2/h1,9-10,12H,4-8H2,2H3,(H,13,14). The van der Waals surface area contributed by atoms with Crippen LogP contribution >= 0.6 is 0 Å². The largest absolute Gasteiger partial charge is 0.377 e. The number of ether oxygens (including phenoxy) is 1. The van der Waals surface area contributed by atoms with Crippen LogP contribution < -0.4 is 10.6 Å². The highest BCUT2D eigenvalue weighted by Gasteiger charge is 2.23. The third-order valence-corrected chi connectivity index (χ3v) is 2.52. The van der Waals surface area contributed by atoms with Gasteiger partial charge in [0.05, 0.1) is 12.6 Å². The van der Waals surface area contributed by atoms with E-state index < -0.39 is 0 Å². The Morgan fingerprint density at radius 1 is 1.67 bits per heavy atom. The van der Waals surface area contributed by atoms with E-state index in [9.17, 15) is 4.79 Å². The first kappa shape index (κ1) is 12.0. The molecule has 1 aliphatic rings. The maximum absolute atomic E-state index is 11.2. The van der Waals surface area contributed by atoms with Crippen molar-refractivity contribution in [3.05, 3.63) is 0 Å². The van der Waals surface area contributed by atoms with E-state index in [1.54, 1.807) is 0 Å². The minimum absolute atomic E-state index is 0.00739. The summed E-state index contributed by atoms with van der Waals surface area (Å²) < 4.78 is 5.40. The van der Waals surface area contributed by atoms with Gasteiger partial charge in [-0.1, -0.05) is 5.92 Å². The third kappa shape index (κ3) is 4.32. The molecule has 1 fully saturated rings. The zero-order valence-electron chi connectivity index (χ0n) is 9.08. The molecule has 4 heteroatoms. The molecule has 84 valence electrons. The van der Waals surface area contributed by atoms with Crippen LogP contribution in [-0.2, 0) is 9.53 Å². The number of carbonyl (C=O) groups is 1. The normalized spacial score (nSPS) is 24.8. The molecule has 2 atom stereocenters. The lowest BCUT2D eigenvalue weighted by atomic mass is 10.1. The molecule has 0 aromatic rings. The molecule has 0 aliphatic carbocycles. The van der Waals surface area contributed by atoms with E-state index in [1.165, 1.54) is 0 Å². The molecule has 1 heterocycles. The van der Waals surface area contributed by atoms with Gasteiger partial charge in [0.25, 0.3) is 0 Å². The van der Waals surface area contributed by atoms with Gasteiger partial charge in [-0.3, -0.25) is 4.79 Å². The summed E-state index contributed by atoms with van der Waals surface area (Å²) in [5, 5.41) is 5.92. The molecule has 4 nitrogen and oxygen atoms in total. The second kappa shape index (κ2) is 6.44. The fourth-order valence-corrected chi connectivity index (χ4v) is 1.61. The number of rotatable bonds is 5. The molecule has 1 amide bonds. The zero-order chi connectivity index (χ0) is 11.1. The van der Waals surface area contributed by atoms with E-state index in [-0.39, 0.29) is 12.0 Å². The Morgan fingerprint density at radius 2 is 2.47 bits per heavy atom. The topological polar surface area (TPSA) is 50.4 Å². The molecule has 1 saturated heterocycles. The summed E-state index contributed by atoms with van der Waals surface area (Å²) in [5.74, 6) is 2.36. The first-order chi connectivity index (χ1) is 7.24. The second-order valence-electron chi connectivity index (χ2n) is 3.66. The molecular formula is C11H18N2O2. The van der Waals surface area contributed by atoms with E-state index in [0.29, 0.717) is 25.6 Å². The zero-order valence-corrected chi connectivity index (χ0v) is 9.08. The predicted octanol–water partition coefficient (Wildman–Crippen LogP) is -0.107. The van der Waals surface area contributed by atoms with Crippen molar-refractivity contribution in [2.24, 2.45) is 0 Å². The van der Waals surface area contributed by atoms with Crippen molar-refractivity contribution in [2.75, 3.05) is 19.7 Å². The highest BCUT2D eigenvalue weighted by atomic mass is 16.5. The number of nitrogens with one attached hydrogen (secondary N) is 2. The van der Waals surface area contributed by atoms with Crippen LogP contribution in [0.1, 0.15) is 19.8 Å². The maximum atomic E-state index is 11.2. The number of terminal acetylenes is 1. The van der Waals surface area contributed by atoms with E-state index in [0.717, 1.165) is 13.0 Å². The van der Waals surface area contributed by atoms with Crippen LogP contribution in [0.4, 0.5) is 0 Å². The van der Waals surface area contributed by atoms with Gasteiger partial charge in [-0.15, -0.1) is 6.42 Å². The van der Waals surface area contributed by atoms with Gasteiger partial charge in [0.15, 0.2) is 0 Å². The molecule has 1 rings (SSSR count). The Kier molecular flexibility index (Phi) is 5.16. The molecule has 0 radical (unpaired) electrons. The average molecular weight is 210 g/mol. The van der Waals surface area contributed by atoms with Gasteiger partial charge in [-0.2, -0.15) is 0 Å². The summed E-state index contributed by atoms with van der Waals surface area (Å²) in [6.45, 7) is 3.84. The van der Waals surface area contributed by atoms with Crippen molar-refractivity contribution in [3.8, 4) is 12.3 Å². The summed E-state index contributed by atoms with van der Waals surface area (Å²) in [5.41, 5.74) is 0.